The van der Waals surface area contributed by atoms with E-state index in [-0.39, 0.29) is 11.4 Å². The van der Waals surface area contributed by atoms with Crippen LogP contribution < -0.4 is 20.1 Å². The molecule has 2 amide bonds. The third-order valence-electron chi connectivity index (χ3n) is 2.69. The van der Waals surface area contributed by atoms with Gasteiger partial charge < -0.3 is 20.1 Å². The van der Waals surface area contributed by atoms with Gasteiger partial charge in [-0.05, 0) is 48.5 Å². The van der Waals surface area contributed by atoms with E-state index in [1.807, 2.05) is 0 Å². The average Bonchev–Trinajstić information content (AvgIpc) is 2.48. The zero-order chi connectivity index (χ0) is 19.4. The monoisotopic (exact) mass is 380 g/mol. The second kappa shape index (κ2) is 7.42. The van der Waals surface area contributed by atoms with Crippen molar-refractivity contribution in [1.82, 2.24) is 0 Å². The Kier molecular flexibility index (Phi) is 5.48. The maximum Gasteiger partial charge on any atom is 0.573 e. The van der Waals surface area contributed by atoms with Gasteiger partial charge in [0.15, 0.2) is 0 Å². The summed E-state index contributed by atoms with van der Waals surface area (Å²) in [5, 5.41) is 4.67. The van der Waals surface area contributed by atoms with E-state index >= 15 is 0 Å². The van der Waals surface area contributed by atoms with Crippen LogP contribution in [0.4, 0.5) is 42.5 Å². The normalized spacial score (nSPS) is 11.6. The maximum absolute atomic E-state index is 12.0. The lowest BCUT2D eigenvalue weighted by molar-refractivity contribution is -0.275. The van der Waals surface area contributed by atoms with Gasteiger partial charge in [-0.15, -0.1) is 26.3 Å². The first-order valence-corrected chi connectivity index (χ1v) is 6.80. The van der Waals surface area contributed by atoms with Crippen molar-refractivity contribution in [3.63, 3.8) is 0 Å². The van der Waals surface area contributed by atoms with Gasteiger partial charge in [-0.3, -0.25) is 0 Å². The molecule has 0 heterocycles. The number of halogens is 6. The lowest BCUT2D eigenvalue weighted by Gasteiger charge is -2.11. The Balaban J connectivity index is 1.90. The predicted octanol–water partition coefficient (Wildman–Crippen LogP) is 5.13. The maximum atomic E-state index is 12.0. The molecule has 26 heavy (non-hydrogen) atoms. The molecular weight excluding hydrogens is 370 g/mol. The van der Waals surface area contributed by atoms with Gasteiger partial charge in [0.05, 0.1) is 0 Å². The number of anilines is 2. The molecule has 2 N–H and O–H groups in total. The van der Waals surface area contributed by atoms with Crippen molar-refractivity contribution in [1.29, 1.82) is 0 Å². The summed E-state index contributed by atoms with van der Waals surface area (Å²) in [5.41, 5.74) is 0.350. The van der Waals surface area contributed by atoms with Crippen molar-refractivity contribution in [2.24, 2.45) is 0 Å². The fourth-order valence-electron chi connectivity index (χ4n) is 1.77. The summed E-state index contributed by atoms with van der Waals surface area (Å²) < 4.78 is 79.6. The molecule has 0 fully saturated rings. The molecule has 2 aromatic carbocycles. The van der Waals surface area contributed by atoms with Crippen LogP contribution in [-0.2, 0) is 0 Å². The number of nitrogens with one attached hydrogen (secondary N) is 2. The molecule has 5 nitrogen and oxygen atoms in total. The van der Waals surface area contributed by atoms with Gasteiger partial charge in [0.2, 0.25) is 0 Å². The SMILES string of the molecule is O=C(Nc1ccc(OC(F)(F)F)cc1)Nc1ccc(OC(F)(F)F)cc1. The molecular formula is C15H10F6N2O3. The van der Waals surface area contributed by atoms with Crippen LogP contribution >= 0.6 is 0 Å². The van der Waals surface area contributed by atoms with Crippen molar-refractivity contribution < 1.29 is 40.6 Å². The second-order valence-electron chi connectivity index (χ2n) is 4.72. The summed E-state index contributed by atoms with van der Waals surface area (Å²) in [6, 6.07) is 8.00. The fraction of sp³-hybridized carbons (Fsp3) is 0.133. The van der Waals surface area contributed by atoms with E-state index in [1.165, 1.54) is 24.3 Å². The Morgan fingerprint density at radius 1 is 0.654 bits per heavy atom. The topological polar surface area (TPSA) is 59.6 Å². The summed E-state index contributed by atoms with van der Waals surface area (Å²) in [7, 11) is 0. The minimum absolute atomic E-state index is 0.175. The number of hydrogen-bond acceptors (Lipinski definition) is 3. The van der Waals surface area contributed by atoms with Crippen LogP contribution in [0.25, 0.3) is 0 Å². The zero-order valence-corrected chi connectivity index (χ0v) is 12.6. The number of ether oxygens (including phenoxy) is 2. The Labute approximate surface area is 142 Å². The molecule has 0 spiro atoms. The number of carbonyl (C=O) groups excluding carboxylic acids is 1. The molecule has 0 aromatic heterocycles. The smallest absolute Gasteiger partial charge is 0.406 e. The minimum atomic E-state index is -4.83. The number of hydrogen-bond donors (Lipinski definition) is 2. The quantitative estimate of drug-likeness (QED) is 0.724. The molecule has 140 valence electrons. The van der Waals surface area contributed by atoms with E-state index in [1.54, 1.807) is 0 Å². The molecule has 2 rings (SSSR count). The van der Waals surface area contributed by atoms with Gasteiger partial charge in [-0.25, -0.2) is 4.79 Å². The van der Waals surface area contributed by atoms with Gasteiger partial charge in [-0.2, -0.15) is 0 Å². The van der Waals surface area contributed by atoms with Crippen LogP contribution in [0, 0.1) is 0 Å². The largest absolute Gasteiger partial charge is 0.573 e. The highest BCUT2D eigenvalue weighted by molar-refractivity contribution is 5.99. The Hall–Kier alpha value is -3.11. The molecule has 0 aliphatic rings. The van der Waals surface area contributed by atoms with Gasteiger partial charge >= 0.3 is 18.8 Å². The number of alkyl halides is 6. The highest BCUT2D eigenvalue weighted by Gasteiger charge is 2.31. The Bertz CT molecular complexity index is 678. The van der Waals surface area contributed by atoms with Crippen LogP contribution in [0.1, 0.15) is 0 Å². The van der Waals surface area contributed by atoms with E-state index in [2.05, 4.69) is 20.1 Å². The van der Waals surface area contributed by atoms with Crippen molar-refractivity contribution >= 4 is 17.4 Å². The van der Waals surface area contributed by atoms with Crippen LogP contribution in [0.3, 0.4) is 0 Å². The molecule has 0 aliphatic carbocycles. The van der Waals surface area contributed by atoms with Crippen LogP contribution in [0.15, 0.2) is 48.5 Å². The van der Waals surface area contributed by atoms with Crippen LogP contribution in [0.5, 0.6) is 11.5 Å². The number of urea groups is 1. The Morgan fingerprint density at radius 3 is 1.23 bits per heavy atom. The van der Waals surface area contributed by atoms with Gasteiger partial charge in [0.25, 0.3) is 0 Å². The first-order valence-electron chi connectivity index (χ1n) is 6.80. The van der Waals surface area contributed by atoms with E-state index < -0.39 is 30.3 Å². The van der Waals surface area contributed by atoms with Gasteiger partial charge in [0, 0.05) is 11.4 Å². The van der Waals surface area contributed by atoms with E-state index in [9.17, 15) is 31.1 Å². The van der Waals surface area contributed by atoms with Crippen molar-refractivity contribution in [2.45, 2.75) is 12.7 Å². The standard InChI is InChI=1S/C15H10F6N2O3/c16-14(17,18)25-11-5-1-9(2-6-11)22-13(24)23-10-3-7-12(8-4-10)26-15(19,20)21/h1-8H,(H2,22,23,24). The molecule has 0 atom stereocenters. The van der Waals surface area contributed by atoms with Gasteiger partial charge in [0.1, 0.15) is 11.5 Å². The summed E-state index contributed by atoms with van der Waals surface area (Å²) in [5.74, 6) is -0.910. The molecule has 0 saturated heterocycles. The number of benzene rings is 2. The zero-order valence-electron chi connectivity index (χ0n) is 12.6. The fourth-order valence-corrected chi connectivity index (χ4v) is 1.77. The molecule has 11 heteroatoms. The molecule has 0 aliphatic heterocycles. The lowest BCUT2D eigenvalue weighted by atomic mass is 10.3. The third-order valence-corrected chi connectivity index (χ3v) is 2.69. The predicted molar refractivity (Wildman–Crippen MR) is 78.9 cm³/mol. The lowest BCUT2D eigenvalue weighted by Crippen LogP contribution is -2.20. The Morgan fingerprint density at radius 2 is 0.962 bits per heavy atom. The molecule has 0 saturated carbocycles. The summed E-state index contributed by atoms with van der Waals surface area (Å²) in [6.07, 6.45) is -9.65. The van der Waals surface area contributed by atoms with Crippen LogP contribution in [-0.4, -0.2) is 18.8 Å². The molecule has 0 bridgehead atoms. The third kappa shape index (κ3) is 6.79. The first-order chi connectivity index (χ1) is 12.0. The summed E-state index contributed by atoms with van der Waals surface area (Å²) in [6.45, 7) is 0. The van der Waals surface area contributed by atoms with E-state index in [0.29, 0.717) is 0 Å². The summed E-state index contributed by atoms with van der Waals surface area (Å²) in [4.78, 5) is 11.8. The van der Waals surface area contributed by atoms with E-state index in [4.69, 9.17) is 0 Å². The van der Waals surface area contributed by atoms with Crippen molar-refractivity contribution in [3.8, 4) is 11.5 Å². The second-order valence-corrected chi connectivity index (χ2v) is 4.72. The number of rotatable bonds is 4. The highest BCUT2D eigenvalue weighted by Crippen LogP contribution is 2.25. The highest BCUT2D eigenvalue weighted by atomic mass is 19.4. The van der Waals surface area contributed by atoms with Crippen molar-refractivity contribution in [3.05, 3.63) is 48.5 Å². The number of amides is 2. The molecule has 0 radical (unpaired) electrons. The minimum Gasteiger partial charge on any atom is -0.406 e. The average molecular weight is 380 g/mol. The van der Waals surface area contributed by atoms with Gasteiger partial charge in [-0.1, -0.05) is 0 Å². The van der Waals surface area contributed by atoms with Crippen molar-refractivity contribution in [2.75, 3.05) is 10.6 Å². The summed E-state index contributed by atoms with van der Waals surface area (Å²) >= 11 is 0. The first kappa shape index (κ1) is 19.2. The molecule has 0 unspecified atom stereocenters. The van der Waals surface area contributed by atoms with E-state index in [0.717, 1.165) is 24.3 Å². The van der Waals surface area contributed by atoms with Crippen LogP contribution in [0.2, 0.25) is 0 Å². The molecule has 2 aromatic rings. The number of carbonyl (C=O) groups is 1.